The number of carbonyl (C=O) groups excluding carboxylic acids is 1. The van der Waals surface area contributed by atoms with Crippen LogP contribution < -0.4 is 9.47 Å². The highest BCUT2D eigenvalue weighted by Crippen LogP contribution is 2.20. The van der Waals surface area contributed by atoms with E-state index in [9.17, 15) is 4.79 Å². The van der Waals surface area contributed by atoms with E-state index in [1.165, 1.54) is 19.3 Å². The fourth-order valence-electron chi connectivity index (χ4n) is 2.90. The van der Waals surface area contributed by atoms with Crippen LogP contribution in [0.25, 0.3) is 0 Å². The summed E-state index contributed by atoms with van der Waals surface area (Å²) in [5.41, 5.74) is 2.16. The average molecular weight is 436 g/mol. The maximum Gasteiger partial charge on any atom is 0.343 e. The molecule has 3 aromatic rings. The molecule has 160 valence electrons. The third kappa shape index (κ3) is 7.58. The number of ether oxygens (including phenoxy) is 2. The van der Waals surface area contributed by atoms with Crippen LogP contribution in [0.15, 0.2) is 77.8 Å². The van der Waals surface area contributed by atoms with Crippen LogP contribution in [-0.2, 0) is 0 Å². The summed E-state index contributed by atoms with van der Waals surface area (Å²) in [6.07, 6.45) is 6.55. The van der Waals surface area contributed by atoms with Crippen molar-refractivity contribution in [2.75, 3.05) is 6.61 Å². The smallest absolute Gasteiger partial charge is 0.343 e. The summed E-state index contributed by atoms with van der Waals surface area (Å²) < 4.78 is 11.1. The van der Waals surface area contributed by atoms with Gasteiger partial charge in [-0.05, 0) is 78.7 Å². The minimum Gasteiger partial charge on any atom is -0.494 e. The van der Waals surface area contributed by atoms with E-state index >= 15 is 0 Å². The fourth-order valence-corrected chi connectivity index (χ4v) is 3.08. The van der Waals surface area contributed by atoms with Crippen LogP contribution in [0.3, 0.4) is 0 Å². The maximum atomic E-state index is 12.3. The Hall–Kier alpha value is -3.11. The fraction of sp³-hybridized carbons (Fsp3) is 0.231. The lowest BCUT2D eigenvalue weighted by Gasteiger charge is -2.06. The number of esters is 1. The largest absolute Gasteiger partial charge is 0.494 e. The maximum absolute atomic E-state index is 12.3. The normalized spacial score (nSPS) is 10.9. The van der Waals surface area contributed by atoms with Crippen molar-refractivity contribution in [3.63, 3.8) is 0 Å². The van der Waals surface area contributed by atoms with E-state index in [0.29, 0.717) is 16.3 Å². The van der Waals surface area contributed by atoms with E-state index in [0.717, 1.165) is 30.0 Å². The molecule has 0 fully saturated rings. The summed E-state index contributed by atoms with van der Waals surface area (Å²) in [5, 5.41) is 0.515. The number of hydrogen-bond donors (Lipinski definition) is 0. The van der Waals surface area contributed by atoms with E-state index < -0.39 is 5.97 Å². The molecule has 0 saturated carbocycles. The third-order valence-electron chi connectivity index (χ3n) is 4.62. The summed E-state index contributed by atoms with van der Waals surface area (Å²) >= 11 is 5.91. The molecule has 0 amide bonds. The molecule has 0 heterocycles. The SMILES string of the molecule is CCCCCCOc1ccc(C=Nc2ccc(C(=O)Oc3cccc(Cl)c3)cc2)cc1. The minimum atomic E-state index is -0.442. The Kier molecular flexibility index (Phi) is 8.68. The zero-order valence-corrected chi connectivity index (χ0v) is 18.3. The highest BCUT2D eigenvalue weighted by molar-refractivity contribution is 6.30. The summed E-state index contributed by atoms with van der Waals surface area (Å²) in [5.74, 6) is 0.840. The molecule has 0 aromatic heterocycles. The Morgan fingerprint density at radius 2 is 1.71 bits per heavy atom. The first-order chi connectivity index (χ1) is 15.1. The Morgan fingerprint density at radius 1 is 0.935 bits per heavy atom. The quantitative estimate of drug-likeness (QED) is 0.145. The van der Waals surface area contributed by atoms with Crippen molar-refractivity contribution >= 4 is 29.5 Å². The monoisotopic (exact) mass is 435 g/mol. The summed E-state index contributed by atoms with van der Waals surface area (Å²) in [6, 6.07) is 21.5. The molecule has 31 heavy (non-hydrogen) atoms. The molecule has 0 unspecified atom stereocenters. The van der Waals surface area contributed by atoms with Crippen molar-refractivity contribution in [1.29, 1.82) is 0 Å². The van der Waals surface area contributed by atoms with Gasteiger partial charge in [0.25, 0.3) is 0 Å². The molecule has 0 aliphatic heterocycles. The highest BCUT2D eigenvalue weighted by Gasteiger charge is 2.08. The van der Waals surface area contributed by atoms with E-state index in [1.807, 2.05) is 24.3 Å². The molecule has 5 heteroatoms. The molecule has 3 aromatic carbocycles. The van der Waals surface area contributed by atoms with Crippen LogP contribution in [-0.4, -0.2) is 18.8 Å². The van der Waals surface area contributed by atoms with Crippen LogP contribution >= 0.6 is 11.6 Å². The molecule has 0 saturated heterocycles. The molecule has 4 nitrogen and oxygen atoms in total. The van der Waals surface area contributed by atoms with Crippen molar-refractivity contribution in [2.24, 2.45) is 4.99 Å². The number of benzene rings is 3. The zero-order valence-electron chi connectivity index (χ0n) is 17.6. The lowest BCUT2D eigenvalue weighted by Crippen LogP contribution is -2.07. The lowest BCUT2D eigenvalue weighted by atomic mass is 10.2. The van der Waals surface area contributed by atoms with Crippen LogP contribution in [0.2, 0.25) is 5.02 Å². The molecule has 0 aliphatic carbocycles. The first-order valence-electron chi connectivity index (χ1n) is 10.5. The molecule has 0 spiro atoms. The molecule has 0 atom stereocenters. The van der Waals surface area contributed by atoms with Gasteiger partial charge in [-0.25, -0.2) is 4.79 Å². The van der Waals surface area contributed by atoms with Gasteiger partial charge in [0, 0.05) is 11.2 Å². The standard InChI is InChI=1S/C26H26ClNO3/c1-2-3-4-5-17-30-24-15-9-20(10-16-24)19-28-23-13-11-21(12-14-23)26(29)31-25-8-6-7-22(27)18-25/h6-16,18-19H,2-5,17H2,1H3. The van der Waals surface area contributed by atoms with Crippen LogP contribution in [0, 0.1) is 0 Å². The number of carbonyl (C=O) groups is 1. The van der Waals surface area contributed by atoms with Crippen LogP contribution in [0.4, 0.5) is 5.69 Å². The number of unbranched alkanes of at least 4 members (excludes halogenated alkanes) is 3. The van der Waals surface area contributed by atoms with Crippen LogP contribution in [0.5, 0.6) is 11.5 Å². The van der Waals surface area contributed by atoms with Crippen molar-refractivity contribution in [3.05, 3.63) is 88.9 Å². The molecule has 0 aliphatic rings. The van der Waals surface area contributed by atoms with Gasteiger partial charge in [-0.3, -0.25) is 4.99 Å². The van der Waals surface area contributed by atoms with Crippen molar-refractivity contribution in [2.45, 2.75) is 32.6 Å². The molecule has 0 radical (unpaired) electrons. The summed E-state index contributed by atoms with van der Waals surface area (Å²) in [4.78, 5) is 16.7. The number of nitrogens with zero attached hydrogens (tertiary/aromatic N) is 1. The second kappa shape index (κ2) is 11.9. The Bertz CT molecular complexity index is 998. The summed E-state index contributed by atoms with van der Waals surface area (Å²) in [6.45, 7) is 2.95. The molecule has 0 N–H and O–H groups in total. The van der Waals surface area contributed by atoms with E-state index in [1.54, 1.807) is 54.7 Å². The summed E-state index contributed by atoms with van der Waals surface area (Å²) in [7, 11) is 0. The van der Waals surface area contributed by atoms with Gasteiger partial charge in [-0.15, -0.1) is 0 Å². The topological polar surface area (TPSA) is 47.9 Å². The number of hydrogen-bond acceptors (Lipinski definition) is 4. The first-order valence-corrected chi connectivity index (χ1v) is 10.9. The number of halogens is 1. The van der Waals surface area contributed by atoms with Gasteiger partial charge in [0.15, 0.2) is 0 Å². The Labute approximate surface area is 188 Å². The lowest BCUT2D eigenvalue weighted by molar-refractivity contribution is 0.0735. The van der Waals surface area contributed by atoms with Crippen molar-refractivity contribution in [3.8, 4) is 11.5 Å². The van der Waals surface area contributed by atoms with Gasteiger partial charge in [0.2, 0.25) is 0 Å². The van der Waals surface area contributed by atoms with Gasteiger partial charge in [0.05, 0.1) is 17.9 Å². The minimum absolute atomic E-state index is 0.410. The van der Waals surface area contributed by atoms with E-state index in [4.69, 9.17) is 21.1 Å². The molecule has 3 rings (SSSR count). The predicted molar refractivity (Wildman–Crippen MR) is 126 cm³/mol. The molecule has 0 bridgehead atoms. The van der Waals surface area contributed by atoms with E-state index in [2.05, 4.69) is 11.9 Å². The second-order valence-electron chi connectivity index (χ2n) is 7.13. The average Bonchev–Trinajstić information content (AvgIpc) is 2.79. The Balaban J connectivity index is 1.51. The first kappa shape index (κ1) is 22.6. The van der Waals surface area contributed by atoms with Crippen molar-refractivity contribution in [1.82, 2.24) is 0 Å². The Morgan fingerprint density at radius 3 is 2.42 bits per heavy atom. The van der Waals surface area contributed by atoms with Crippen LogP contribution in [0.1, 0.15) is 48.5 Å². The van der Waals surface area contributed by atoms with E-state index in [-0.39, 0.29) is 0 Å². The zero-order chi connectivity index (χ0) is 21.9. The third-order valence-corrected chi connectivity index (χ3v) is 4.85. The van der Waals surface area contributed by atoms with Gasteiger partial charge in [-0.1, -0.05) is 43.9 Å². The van der Waals surface area contributed by atoms with Gasteiger partial charge in [-0.2, -0.15) is 0 Å². The van der Waals surface area contributed by atoms with Gasteiger partial charge in [0.1, 0.15) is 11.5 Å². The van der Waals surface area contributed by atoms with Gasteiger partial charge < -0.3 is 9.47 Å². The van der Waals surface area contributed by atoms with Gasteiger partial charge >= 0.3 is 5.97 Å². The number of rotatable bonds is 10. The molecular formula is C26H26ClNO3. The molecular weight excluding hydrogens is 410 g/mol. The highest BCUT2D eigenvalue weighted by atomic mass is 35.5. The predicted octanol–water partition coefficient (Wildman–Crippen LogP) is 7.27. The second-order valence-corrected chi connectivity index (χ2v) is 7.57. The van der Waals surface area contributed by atoms with Crippen molar-refractivity contribution < 1.29 is 14.3 Å². The number of aliphatic imine (C=N–C) groups is 1.